The lowest BCUT2D eigenvalue weighted by Crippen LogP contribution is -2.37. The molecule has 3 rings (SSSR count). The average Bonchev–Trinajstić information content (AvgIpc) is 3.21. The van der Waals surface area contributed by atoms with E-state index in [1.807, 2.05) is 23.6 Å². The molecule has 0 spiro atoms. The predicted molar refractivity (Wildman–Crippen MR) is 107 cm³/mol. The van der Waals surface area contributed by atoms with Crippen molar-refractivity contribution < 1.29 is 9.53 Å². The monoisotopic (exact) mass is 369 g/mol. The van der Waals surface area contributed by atoms with E-state index in [9.17, 15) is 4.79 Å². The van der Waals surface area contributed by atoms with Crippen LogP contribution in [0.3, 0.4) is 0 Å². The first-order valence-corrected chi connectivity index (χ1v) is 9.88. The van der Waals surface area contributed by atoms with Crippen LogP contribution < -0.4 is 0 Å². The Morgan fingerprint density at radius 1 is 1.33 bits per heavy atom. The fraction of sp³-hybridized carbons (Fsp3) is 0.545. The van der Waals surface area contributed by atoms with E-state index in [1.165, 1.54) is 16.7 Å². The zero-order chi connectivity index (χ0) is 19.4. The van der Waals surface area contributed by atoms with Crippen LogP contribution >= 0.6 is 0 Å². The summed E-state index contributed by atoms with van der Waals surface area (Å²) >= 11 is 0. The van der Waals surface area contributed by atoms with Gasteiger partial charge in [0.1, 0.15) is 0 Å². The Hall–Kier alpha value is -2.14. The van der Waals surface area contributed by atoms with Gasteiger partial charge < -0.3 is 9.64 Å². The third-order valence-electron chi connectivity index (χ3n) is 5.50. The summed E-state index contributed by atoms with van der Waals surface area (Å²) in [5.74, 6) is 0.189. The van der Waals surface area contributed by atoms with Crippen molar-refractivity contribution >= 4 is 5.91 Å². The quantitative estimate of drug-likeness (QED) is 0.751. The van der Waals surface area contributed by atoms with E-state index in [1.54, 1.807) is 0 Å². The van der Waals surface area contributed by atoms with Crippen molar-refractivity contribution in [2.45, 2.75) is 59.1 Å². The summed E-state index contributed by atoms with van der Waals surface area (Å²) in [6, 6.07) is 8.40. The Morgan fingerprint density at radius 2 is 2.15 bits per heavy atom. The number of carbonyl (C=O) groups excluding carboxylic acids is 1. The summed E-state index contributed by atoms with van der Waals surface area (Å²) in [6.07, 6.45) is 3.54. The maximum atomic E-state index is 13.1. The van der Waals surface area contributed by atoms with Crippen LogP contribution in [0.25, 0.3) is 0 Å². The van der Waals surface area contributed by atoms with Gasteiger partial charge in [0.15, 0.2) is 0 Å². The largest absolute Gasteiger partial charge is 0.376 e. The smallest absolute Gasteiger partial charge is 0.223 e. The predicted octanol–water partition coefficient (Wildman–Crippen LogP) is 3.49. The van der Waals surface area contributed by atoms with Gasteiger partial charge in [0, 0.05) is 38.9 Å². The summed E-state index contributed by atoms with van der Waals surface area (Å²) in [4.78, 5) is 15.0. The fourth-order valence-corrected chi connectivity index (χ4v) is 3.89. The highest BCUT2D eigenvalue weighted by Gasteiger charge is 2.23. The molecule has 0 unspecified atom stereocenters. The van der Waals surface area contributed by atoms with Crippen LogP contribution in [-0.2, 0) is 29.5 Å². The lowest BCUT2D eigenvalue weighted by molar-refractivity contribution is -0.133. The molecule has 146 valence electrons. The molecule has 5 heteroatoms. The molecule has 1 aromatic carbocycles. The van der Waals surface area contributed by atoms with Crippen molar-refractivity contribution in [3.05, 3.63) is 52.3 Å². The molecule has 0 radical (unpaired) electrons. The topological polar surface area (TPSA) is 47.4 Å². The summed E-state index contributed by atoms with van der Waals surface area (Å²) in [6.45, 7) is 8.30. The fourth-order valence-electron chi connectivity index (χ4n) is 3.89. The molecule has 1 aromatic heterocycles. The minimum Gasteiger partial charge on any atom is -0.376 e. The molecule has 0 bridgehead atoms. The van der Waals surface area contributed by atoms with Crippen LogP contribution in [0.1, 0.15) is 47.3 Å². The molecular weight excluding hydrogens is 338 g/mol. The third kappa shape index (κ3) is 4.98. The second-order valence-corrected chi connectivity index (χ2v) is 7.67. The molecule has 27 heavy (non-hydrogen) atoms. The van der Waals surface area contributed by atoms with Crippen LogP contribution in [0.5, 0.6) is 0 Å². The summed E-state index contributed by atoms with van der Waals surface area (Å²) < 4.78 is 7.69. The summed E-state index contributed by atoms with van der Waals surface area (Å²) in [5.41, 5.74) is 5.75. The number of amides is 1. The molecule has 0 N–H and O–H groups in total. The van der Waals surface area contributed by atoms with Crippen LogP contribution in [0, 0.1) is 20.8 Å². The number of ether oxygens (including phenoxy) is 1. The normalized spacial score (nSPS) is 16.7. The number of carbonyl (C=O) groups is 1. The third-order valence-corrected chi connectivity index (χ3v) is 5.50. The van der Waals surface area contributed by atoms with Gasteiger partial charge in [0.25, 0.3) is 0 Å². The van der Waals surface area contributed by atoms with Gasteiger partial charge in [-0.2, -0.15) is 5.10 Å². The van der Waals surface area contributed by atoms with Gasteiger partial charge in [-0.3, -0.25) is 9.48 Å². The molecule has 1 aliphatic rings. The minimum atomic E-state index is 0.167. The SMILES string of the molecule is Cc1cccc(CN(C[C@@H]2CCCO2)C(=O)CCc2c(C)nn(C)c2C)c1. The number of benzene rings is 1. The van der Waals surface area contributed by atoms with Gasteiger partial charge in [-0.1, -0.05) is 29.8 Å². The van der Waals surface area contributed by atoms with E-state index >= 15 is 0 Å². The van der Waals surface area contributed by atoms with Gasteiger partial charge in [-0.05, 0) is 51.2 Å². The number of hydrogen-bond donors (Lipinski definition) is 0. The highest BCUT2D eigenvalue weighted by molar-refractivity contribution is 5.76. The number of aryl methyl sites for hydroxylation is 3. The van der Waals surface area contributed by atoms with Crippen molar-refractivity contribution in [3.63, 3.8) is 0 Å². The highest BCUT2D eigenvalue weighted by atomic mass is 16.5. The van der Waals surface area contributed by atoms with Gasteiger partial charge in [-0.15, -0.1) is 0 Å². The van der Waals surface area contributed by atoms with Crippen molar-refractivity contribution in [3.8, 4) is 0 Å². The minimum absolute atomic E-state index is 0.167. The van der Waals surface area contributed by atoms with Crippen LogP contribution in [0.4, 0.5) is 0 Å². The van der Waals surface area contributed by atoms with Gasteiger partial charge >= 0.3 is 0 Å². The Labute approximate surface area is 162 Å². The molecule has 1 aliphatic heterocycles. The van der Waals surface area contributed by atoms with E-state index in [2.05, 4.69) is 43.2 Å². The highest BCUT2D eigenvalue weighted by Crippen LogP contribution is 2.19. The molecule has 0 saturated carbocycles. The van der Waals surface area contributed by atoms with E-state index in [0.717, 1.165) is 37.3 Å². The van der Waals surface area contributed by atoms with Gasteiger partial charge in [-0.25, -0.2) is 0 Å². The second kappa shape index (κ2) is 8.70. The van der Waals surface area contributed by atoms with E-state index in [-0.39, 0.29) is 12.0 Å². The number of hydrogen-bond acceptors (Lipinski definition) is 3. The molecule has 2 heterocycles. The average molecular weight is 370 g/mol. The number of rotatable bonds is 7. The molecule has 5 nitrogen and oxygen atoms in total. The first-order chi connectivity index (χ1) is 12.9. The lowest BCUT2D eigenvalue weighted by atomic mass is 10.1. The van der Waals surface area contributed by atoms with Crippen molar-refractivity contribution in [2.24, 2.45) is 7.05 Å². The van der Waals surface area contributed by atoms with Crippen molar-refractivity contribution in [2.75, 3.05) is 13.2 Å². The van der Waals surface area contributed by atoms with Crippen LogP contribution in [-0.4, -0.2) is 39.8 Å². The number of nitrogens with zero attached hydrogens (tertiary/aromatic N) is 3. The van der Waals surface area contributed by atoms with Gasteiger partial charge in [0.05, 0.1) is 11.8 Å². The van der Waals surface area contributed by atoms with E-state index in [4.69, 9.17) is 4.74 Å². The lowest BCUT2D eigenvalue weighted by Gasteiger charge is -2.26. The van der Waals surface area contributed by atoms with Crippen LogP contribution in [0.2, 0.25) is 0 Å². The summed E-state index contributed by atoms with van der Waals surface area (Å²) in [5, 5.41) is 4.47. The first-order valence-electron chi connectivity index (χ1n) is 9.88. The standard InChI is InChI=1S/C22H31N3O2/c1-16-7-5-8-19(13-16)14-25(15-20-9-6-12-27-20)22(26)11-10-21-17(2)23-24(4)18(21)3/h5,7-8,13,20H,6,9-12,14-15H2,1-4H3/t20-/m0/s1. The molecule has 1 atom stereocenters. The van der Waals surface area contributed by atoms with E-state index in [0.29, 0.717) is 19.5 Å². The molecule has 1 saturated heterocycles. The maximum absolute atomic E-state index is 13.1. The molecule has 2 aromatic rings. The molecular formula is C22H31N3O2. The molecule has 1 amide bonds. The Bertz CT molecular complexity index is 791. The molecule has 0 aliphatic carbocycles. The Balaban J connectivity index is 1.69. The van der Waals surface area contributed by atoms with Crippen LogP contribution in [0.15, 0.2) is 24.3 Å². The Morgan fingerprint density at radius 3 is 2.78 bits per heavy atom. The van der Waals surface area contributed by atoms with Gasteiger partial charge in [0.2, 0.25) is 5.91 Å². The summed E-state index contributed by atoms with van der Waals surface area (Å²) in [7, 11) is 1.95. The number of aromatic nitrogens is 2. The second-order valence-electron chi connectivity index (χ2n) is 7.67. The first kappa shape index (κ1) is 19.6. The zero-order valence-electron chi connectivity index (χ0n) is 17.0. The molecule has 1 fully saturated rings. The van der Waals surface area contributed by atoms with Crippen molar-refractivity contribution in [1.82, 2.24) is 14.7 Å². The van der Waals surface area contributed by atoms with E-state index < -0.39 is 0 Å². The van der Waals surface area contributed by atoms with Crippen molar-refractivity contribution in [1.29, 1.82) is 0 Å². The zero-order valence-corrected chi connectivity index (χ0v) is 17.0. The Kier molecular flexibility index (Phi) is 6.32. The maximum Gasteiger partial charge on any atom is 0.223 e.